The van der Waals surface area contributed by atoms with Crippen LogP contribution in [-0.4, -0.2) is 52.4 Å². The Morgan fingerprint density at radius 2 is 1.50 bits per heavy atom. The highest BCUT2D eigenvalue weighted by atomic mass is 19.4. The number of ether oxygens (including phenoxy) is 2. The molecule has 1 saturated carbocycles. The number of alkyl halides is 3. The van der Waals surface area contributed by atoms with Gasteiger partial charge < -0.3 is 19.3 Å². The summed E-state index contributed by atoms with van der Waals surface area (Å²) in [5.41, 5.74) is -1.50. The molecule has 2 aromatic rings. The Hall–Kier alpha value is -3.56. The summed E-state index contributed by atoms with van der Waals surface area (Å²) >= 11 is 0. The molecule has 10 heteroatoms. The van der Waals surface area contributed by atoms with E-state index in [1.165, 1.54) is 21.9 Å². The molecule has 1 aliphatic carbocycles. The number of nitrogens with zero attached hydrogens (tertiary/aromatic N) is 2. The third-order valence-electron chi connectivity index (χ3n) is 6.89. The molecule has 0 N–H and O–H groups in total. The standard InChI is InChI=1S/C28H31F3N2O5/c1-26(2,3)38-24(35)20-13-27(14-20)25(36)32(15-18-7-11-22(37-4)12-8-18)17-23(34)33(27)16-19-5-9-21(10-6-19)28(29,30)31/h5-12,20H,13-17H2,1-4H3. The van der Waals surface area contributed by atoms with E-state index in [1.807, 2.05) is 12.1 Å². The van der Waals surface area contributed by atoms with E-state index >= 15 is 0 Å². The normalized spacial score (nSPS) is 21.9. The van der Waals surface area contributed by atoms with Crippen molar-refractivity contribution in [2.75, 3.05) is 13.7 Å². The number of methoxy groups -OCH3 is 1. The van der Waals surface area contributed by atoms with Gasteiger partial charge in [-0.05, 0) is 69.0 Å². The molecule has 1 spiro atoms. The SMILES string of the molecule is COc1ccc(CN2CC(=O)N(Cc3ccc(C(F)(F)F)cc3)C3(CC(C(=O)OC(C)(C)C)C3)C2=O)cc1. The van der Waals surface area contributed by atoms with Crippen LogP contribution in [-0.2, 0) is 38.4 Å². The molecule has 0 unspecified atom stereocenters. The minimum absolute atomic E-state index is 0.0415. The fourth-order valence-corrected chi connectivity index (χ4v) is 4.97. The van der Waals surface area contributed by atoms with Gasteiger partial charge in [0.15, 0.2) is 0 Å². The highest BCUT2D eigenvalue weighted by Crippen LogP contribution is 2.47. The van der Waals surface area contributed by atoms with Crippen molar-refractivity contribution >= 4 is 17.8 Å². The van der Waals surface area contributed by atoms with Crippen LogP contribution < -0.4 is 4.74 Å². The highest BCUT2D eigenvalue weighted by molar-refractivity contribution is 6.00. The van der Waals surface area contributed by atoms with Crippen molar-refractivity contribution in [1.82, 2.24) is 9.80 Å². The molecular weight excluding hydrogens is 501 g/mol. The predicted octanol–water partition coefficient (Wildman–Crippen LogP) is 4.58. The van der Waals surface area contributed by atoms with Gasteiger partial charge in [-0.3, -0.25) is 14.4 Å². The Morgan fingerprint density at radius 3 is 2.03 bits per heavy atom. The Bertz CT molecular complexity index is 1200. The Labute approximate surface area is 219 Å². The quantitative estimate of drug-likeness (QED) is 0.510. The maximum absolute atomic E-state index is 13.8. The number of halogens is 3. The Kier molecular flexibility index (Phi) is 7.20. The molecule has 2 aliphatic rings. The van der Waals surface area contributed by atoms with Gasteiger partial charge in [0.2, 0.25) is 11.8 Å². The Morgan fingerprint density at radius 1 is 0.947 bits per heavy atom. The van der Waals surface area contributed by atoms with Crippen molar-refractivity contribution in [3.05, 3.63) is 65.2 Å². The van der Waals surface area contributed by atoms with E-state index in [-0.39, 0.29) is 44.3 Å². The first-order chi connectivity index (χ1) is 17.7. The van der Waals surface area contributed by atoms with Gasteiger partial charge in [0.05, 0.1) is 18.6 Å². The zero-order chi connectivity index (χ0) is 27.9. The second-order valence-corrected chi connectivity index (χ2v) is 10.9. The number of hydrogen-bond acceptors (Lipinski definition) is 5. The molecule has 1 saturated heterocycles. The van der Waals surface area contributed by atoms with Crippen molar-refractivity contribution in [2.24, 2.45) is 5.92 Å². The van der Waals surface area contributed by atoms with E-state index in [0.717, 1.165) is 17.7 Å². The van der Waals surface area contributed by atoms with Gasteiger partial charge in [-0.2, -0.15) is 13.2 Å². The van der Waals surface area contributed by atoms with Crippen LogP contribution in [0.25, 0.3) is 0 Å². The van der Waals surface area contributed by atoms with Gasteiger partial charge in [0, 0.05) is 13.1 Å². The summed E-state index contributed by atoms with van der Waals surface area (Å²) in [6.07, 6.45) is -4.30. The maximum atomic E-state index is 13.8. The lowest BCUT2D eigenvalue weighted by Crippen LogP contribution is -2.73. The molecule has 0 bridgehead atoms. The fraction of sp³-hybridized carbons (Fsp3) is 0.464. The first kappa shape index (κ1) is 27.5. The topological polar surface area (TPSA) is 76.2 Å². The molecule has 1 heterocycles. The number of hydrogen-bond donors (Lipinski definition) is 0. The van der Waals surface area contributed by atoms with Gasteiger partial charge in [-0.25, -0.2) is 0 Å². The molecule has 1 aliphatic heterocycles. The van der Waals surface area contributed by atoms with Gasteiger partial charge in [0.1, 0.15) is 23.4 Å². The molecule has 2 fully saturated rings. The van der Waals surface area contributed by atoms with Crippen LogP contribution in [0.5, 0.6) is 5.75 Å². The van der Waals surface area contributed by atoms with Gasteiger partial charge in [-0.1, -0.05) is 24.3 Å². The number of benzene rings is 2. The molecule has 7 nitrogen and oxygen atoms in total. The summed E-state index contributed by atoms with van der Waals surface area (Å²) in [6, 6.07) is 11.7. The molecule has 2 amide bonds. The maximum Gasteiger partial charge on any atom is 0.416 e. The number of carbonyl (C=O) groups excluding carboxylic acids is 3. The molecule has 2 aromatic carbocycles. The van der Waals surface area contributed by atoms with Crippen LogP contribution in [0.1, 0.15) is 50.3 Å². The summed E-state index contributed by atoms with van der Waals surface area (Å²) in [5, 5.41) is 0. The van der Waals surface area contributed by atoms with Crippen molar-refractivity contribution < 1.29 is 37.0 Å². The lowest BCUT2D eigenvalue weighted by atomic mass is 9.65. The average Bonchev–Trinajstić information content (AvgIpc) is 2.80. The highest BCUT2D eigenvalue weighted by Gasteiger charge is 2.61. The van der Waals surface area contributed by atoms with Crippen LogP contribution in [0, 0.1) is 5.92 Å². The van der Waals surface area contributed by atoms with E-state index in [9.17, 15) is 27.6 Å². The van der Waals surface area contributed by atoms with E-state index < -0.39 is 34.8 Å². The first-order valence-corrected chi connectivity index (χ1v) is 12.3. The van der Waals surface area contributed by atoms with Crippen LogP contribution in [0.3, 0.4) is 0 Å². The average molecular weight is 533 g/mol. The van der Waals surface area contributed by atoms with Crippen molar-refractivity contribution in [2.45, 2.75) is 64.0 Å². The molecule has 0 radical (unpaired) electrons. The lowest BCUT2D eigenvalue weighted by molar-refractivity contribution is -0.187. The molecule has 0 atom stereocenters. The molecule has 38 heavy (non-hydrogen) atoms. The second kappa shape index (κ2) is 9.96. The monoisotopic (exact) mass is 532 g/mol. The van der Waals surface area contributed by atoms with E-state index in [0.29, 0.717) is 11.3 Å². The lowest BCUT2D eigenvalue weighted by Gasteiger charge is -2.56. The number of carbonyl (C=O) groups is 3. The fourth-order valence-electron chi connectivity index (χ4n) is 4.97. The second-order valence-electron chi connectivity index (χ2n) is 10.9. The summed E-state index contributed by atoms with van der Waals surface area (Å²) in [4.78, 5) is 42.9. The van der Waals surface area contributed by atoms with Crippen molar-refractivity contribution in [3.8, 4) is 5.75 Å². The number of amides is 2. The van der Waals surface area contributed by atoms with Crippen molar-refractivity contribution in [3.63, 3.8) is 0 Å². The van der Waals surface area contributed by atoms with Crippen molar-refractivity contribution in [1.29, 1.82) is 0 Å². The minimum atomic E-state index is -4.48. The zero-order valence-corrected chi connectivity index (χ0v) is 21.8. The summed E-state index contributed by atoms with van der Waals surface area (Å²) in [6.45, 7) is 5.23. The van der Waals surface area contributed by atoms with E-state index in [4.69, 9.17) is 9.47 Å². The number of rotatable bonds is 6. The predicted molar refractivity (Wildman–Crippen MR) is 132 cm³/mol. The third kappa shape index (κ3) is 5.63. The number of esters is 1. The smallest absolute Gasteiger partial charge is 0.416 e. The van der Waals surface area contributed by atoms with Gasteiger partial charge >= 0.3 is 12.1 Å². The number of piperazine rings is 1. The first-order valence-electron chi connectivity index (χ1n) is 12.3. The summed E-state index contributed by atoms with van der Waals surface area (Å²) < 4.78 is 49.7. The van der Waals surface area contributed by atoms with Crippen LogP contribution in [0.2, 0.25) is 0 Å². The van der Waals surface area contributed by atoms with E-state index in [1.54, 1.807) is 40.0 Å². The summed E-state index contributed by atoms with van der Waals surface area (Å²) in [5.74, 6) is -0.972. The van der Waals surface area contributed by atoms with Gasteiger partial charge in [-0.15, -0.1) is 0 Å². The molecular formula is C28H31F3N2O5. The summed E-state index contributed by atoms with van der Waals surface area (Å²) in [7, 11) is 1.55. The van der Waals surface area contributed by atoms with E-state index in [2.05, 4.69) is 0 Å². The largest absolute Gasteiger partial charge is 0.497 e. The molecule has 204 valence electrons. The van der Waals surface area contributed by atoms with Crippen LogP contribution in [0.15, 0.2) is 48.5 Å². The van der Waals surface area contributed by atoms with Crippen LogP contribution in [0.4, 0.5) is 13.2 Å². The zero-order valence-electron chi connectivity index (χ0n) is 21.8. The molecule has 0 aromatic heterocycles. The third-order valence-corrected chi connectivity index (χ3v) is 6.89. The Balaban J connectivity index is 1.59. The van der Waals surface area contributed by atoms with Gasteiger partial charge in [0.25, 0.3) is 0 Å². The molecule has 4 rings (SSSR count). The minimum Gasteiger partial charge on any atom is -0.497 e. The van der Waals surface area contributed by atoms with Crippen LogP contribution >= 0.6 is 0 Å².